The molecular weight excluding hydrogens is 336 g/mol. The number of nitrogens with one attached hydrogen (secondary N) is 1. The second-order valence-electron chi connectivity index (χ2n) is 6.68. The fourth-order valence-corrected chi connectivity index (χ4v) is 3.27. The summed E-state index contributed by atoms with van der Waals surface area (Å²) in [5.41, 5.74) is 2.98. The number of aryl methyl sites for hydroxylation is 1. The second-order valence-corrected chi connectivity index (χ2v) is 6.68. The van der Waals surface area contributed by atoms with Gasteiger partial charge in [0.05, 0.1) is 0 Å². The predicted octanol–water partition coefficient (Wildman–Crippen LogP) is 3.95. The molecule has 0 aliphatic carbocycles. The topological polar surface area (TPSA) is 50.2 Å². The summed E-state index contributed by atoms with van der Waals surface area (Å²) < 4.78 is 2.28. The second kappa shape index (κ2) is 9.33. The first-order valence-corrected chi connectivity index (χ1v) is 9.70. The van der Waals surface area contributed by atoms with E-state index in [2.05, 4.69) is 51.9 Å². The van der Waals surface area contributed by atoms with Gasteiger partial charge in [0.15, 0.2) is 0 Å². The highest BCUT2D eigenvalue weighted by atomic mass is 16.1. The molecule has 3 rings (SSSR count). The average Bonchev–Trinajstić information content (AvgIpc) is 3.10. The lowest BCUT2D eigenvalue weighted by Gasteiger charge is -2.18. The Morgan fingerprint density at radius 1 is 1.15 bits per heavy atom. The normalized spacial score (nSPS) is 11.2. The molecule has 0 unspecified atom stereocenters. The molecule has 5 heteroatoms. The Kier molecular flexibility index (Phi) is 6.60. The summed E-state index contributed by atoms with van der Waals surface area (Å²) in [5, 5.41) is 4.15. The van der Waals surface area contributed by atoms with Crippen LogP contribution in [0.2, 0.25) is 0 Å². The van der Waals surface area contributed by atoms with Crippen LogP contribution in [0.25, 0.3) is 10.9 Å². The number of hydrogen-bond acceptors (Lipinski definition) is 3. The summed E-state index contributed by atoms with van der Waals surface area (Å²) in [6.45, 7) is 8.55. The van der Waals surface area contributed by atoms with E-state index in [0.29, 0.717) is 12.8 Å². The van der Waals surface area contributed by atoms with E-state index in [1.165, 1.54) is 5.52 Å². The first-order chi connectivity index (χ1) is 13.2. The zero-order chi connectivity index (χ0) is 19.1. The van der Waals surface area contributed by atoms with E-state index in [0.717, 1.165) is 42.9 Å². The number of likely N-dealkylation sites (N-methyl/N-ethyl adjacent to an activating group) is 1. The van der Waals surface area contributed by atoms with Crippen molar-refractivity contribution >= 4 is 22.5 Å². The van der Waals surface area contributed by atoms with Crippen LogP contribution in [0.5, 0.6) is 0 Å². The number of pyridine rings is 1. The summed E-state index contributed by atoms with van der Waals surface area (Å²) in [7, 11) is 0. The van der Waals surface area contributed by atoms with Gasteiger partial charge in [0.1, 0.15) is 0 Å². The van der Waals surface area contributed by atoms with Crippen molar-refractivity contribution in [2.45, 2.75) is 33.2 Å². The molecule has 1 amide bonds. The number of hydrogen-bond donors (Lipinski definition) is 1. The first-order valence-electron chi connectivity index (χ1n) is 9.70. The average molecular weight is 364 g/mol. The van der Waals surface area contributed by atoms with E-state index in [4.69, 9.17) is 0 Å². The van der Waals surface area contributed by atoms with E-state index >= 15 is 0 Å². The van der Waals surface area contributed by atoms with Crippen LogP contribution in [0.4, 0.5) is 5.69 Å². The van der Waals surface area contributed by atoms with Gasteiger partial charge < -0.3 is 14.8 Å². The van der Waals surface area contributed by atoms with Crippen molar-refractivity contribution in [1.82, 2.24) is 14.5 Å². The highest BCUT2D eigenvalue weighted by Gasteiger charge is 2.07. The maximum absolute atomic E-state index is 12.2. The van der Waals surface area contributed by atoms with E-state index in [9.17, 15) is 4.79 Å². The molecular formula is C22H28N4O. The van der Waals surface area contributed by atoms with Crippen molar-refractivity contribution in [2.75, 3.05) is 25.0 Å². The third-order valence-corrected chi connectivity index (χ3v) is 4.94. The van der Waals surface area contributed by atoms with Crippen molar-refractivity contribution in [3.8, 4) is 0 Å². The van der Waals surface area contributed by atoms with Crippen molar-refractivity contribution in [2.24, 2.45) is 0 Å². The van der Waals surface area contributed by atoms with Crippen LogP contribution in [-0.2, 0) is 17.8 Å². The molecule has 142 valence electrons. The molecule has 0 fully saturated rings. The molecule has 0 aliphatic heterocycles. The minimum absolute atomic E-state index is 0.0148. The Labute approximate surface area is 161 Å². The first kappa shape index (κ1) is 19.1. The zero-order valence-corrected chi connectivity index (χ0v) is 16.2. The number of amides is 1. The predicted molar refractivity (Wildman–Crippen MR) is 111 cm³/mol. The molecule has 0 atom stereocenters. The van der Waals surface area contributed by atoms with E-state index < -0.39 is 0 Å². The summed E-state index contributed by atoms with van der Waals surface area (Å²) in [6, 6.07) is 14.0. The molecule has 0 bridgehead atoms. The van der Waals surface area contributed by atoms with Gasteiger partial charge in [-0.1, -0.05) is 19.9 Å². The van der Waals surface area contributed by atoms with Crippen molar-refractivity contribution < 1.29 is 4.79 Å². The highest BCUT2D eigenvalue weighted by Crippen LogP contribution is 2.21. The van der Waals surface area contributed by atoms with Crippen LogP contribution in [0.1, 0.15) is 26.0 Å². The van der Waals surface area contributed by atoms with E-state index in [-0.39, 0.29) is 5.91 Å². The zero-order valence-electron chi connectivity index (χ0n) is 16.2. The monoisotopic (exact) mass is 364 g/mol. The fraction of sp³-hybridized carbons (Fsp3) is 0.364. The third-order valence-electron chi connectivity index (χ3n) is 4.94. The fourth-order valence-electron chi connectivity index (χ4n) is 3.27. The molecule has 0 radical (unpaired) electrons. The standard InChI is InChI=1S/C22H28N4O/c1-3-25(4-2)15-16-26-14-12-18-17-20(8-10-21(18)26)24-22(27)11-9-19-7-5-6-13-23-19/h5-8,10,12-14,17H,3-4,9,11,15-16H2,1-2H3,(H,24,27). The van der Waals surface area contributed by atoms with Crippen molar-refractivity contribution in [3.63, 3.8) is 0 Å². The molecule has 2 aromatic heterocycles. The number of carbonyl (C=O) groups is 1. The lowest BCUT2D eigenvalue weighted by Crippen LogP contribution is -2.26. The molecule has 5 nitrogen and oxygen atoms in total. The van der Waals surface area contributed by atoms with Crippen LogP contribution >= 0.6 is 0 Å². The molecule has 2 heterocycles. The number of benzene rings is 1. The molecule has 0 spiro atoms. The quantitative estimate of drug-likeness (QED) is 0.625. The summed E-state index contributed by atoms with van der Waals surface area (Å²) in [4.78, 5) is 18.9. The Morgan fingerprint density at radius 3 is 2.74 bits per heavy atom. The molecule has 0 saturated heterocycles. The lowest BCUT2D eigenvalue weighted by molar-refractivity contribution is -0.116. The third kappa shape index (κ3) is 5.17. The van der Waals surface area contributed by atoms with E-state index in [1.54, 1.807) is 6.20 Å². The van der Waals surface area contributed by atoms with Gasteiger partial charge in [0.25, 0.3) is 0 Å². The van der Waals surface area contributed by atoms with Gasteiger partial charge in [-0.3, -0.25) is 9.78 Å². The molecule has 1 aromatic carbocycles. The van der Waals surface area contributed by atoms with Gasteiger partial charge in [-0.25, -0.2) is 0 Å². The Hall–Kier alpha value is -2.66. The molecule has 0 saturated carbocycles. The number of anilines is 1. The highest BCUT2D eigenvalue weighted by molar-refractivity contribution is 5.94. The van der Waals surface area contributed by atoms with Gasteiger partial charge in [-0.2, -0.15) is 0 Å². The summed E-state index contributed by atoms with van der Waals surface area (Å²) >= 11 is 0. The number of nitrogens with zero attached hydrogens (tertiary/aromatic N) is 3. The van der Waals surface area contributed by atoms with Crippen molar-refractivity contribution in [1.29, 1.82) is 0 Å². The molecule has 3 aromatic rings. The van der Waals surface area contributed by atoms with Gasteiger partial charge in [0, 0.05) is 54.2 Å². The van der Waals surface area contributed by atoms with Crippen LogP contribution in [0.3, 0.4) is 0 Å². The maximum atomic E-state index is 12.2. The Morgan fingerprint density at radius 2 is 2.00 bits per heavy atom. The van der Waals surface area contributed by atoms with Gasteiger partial charge in [-0.15, -0.1) is 0 Å². The SMILES string of the molecule is CCN(CC)CCn1ccc2cc(NC(=O)CCc3ccccn3)ccc21. The number of rotatable bonds is 9. The number of carbonyl (C=O) groups excluding carboxylic acids is 1. The Balaban J connectivity index is 1.59. The molecule has 0 aliphatic rings. The van der Waals surface area contributed by atoms with Crippen LogP contribution in [0, 0.1) is 0 Å². The van der Waals surface area contributed by atoms with Crippen molar-refractivity contribution in [3.05, 3.63) is 60.6 Å². The minimum atomic E-state index is 0.0148. The largest absolute Gasteiger partial charge is 0.346 e. The van der Waals surface area contributed by atoms with Gasteiger partial charge in [0.2, 0.25) is 5.91 Å². The Bertz CT molecular complexity index is 868. The number of aromatic nitrogens is 2. The van der Waals surface area contributed by atoms with Crippen LogP contribution in [0.15, 0.2) is 54.9 Å². The maximum Gasteiger partial charge on any atom is 0.224 e. The van der Waals surface area contributed by atoms with E-state index in [1.807, 2.05) is 30.3 Å². The lowest BCUT2D eigenvalue weighted by atomic mass is 10.2. The summed E-state index contributed by atoms with van der Waals surface area (Å²) in [5.74, 6) is 0.0148. The van der Waals surface area contributed by atoms with Gasteiger partial charge in [-0.05, 0) is 55.9 Å². The number of fused-ring (bicyclic) bond motifs is 1. The van der Waals surface area contributed by atoms with Crippen LogP contribution in [-0.4, -0.2) is 40.0 Å². The smallest absolute Gasteiger partial charge is 0.224 e. The molecule has 27 heavy (non-hydrogen) atoms. The van der Waals surface area contributed by atoms with Crippen LogP contribution < -0.4 is 5.32 Å². The summed E-state index contributed by atoms with van der Waals surface area (Å²) in [6.07, 6.45) is 4.96. The minimum Gasteiger partial charge on any atom is -0.346 e. The van der Waals surface area contributed by atoms with Gasteiger partial charge >= 0.3 is 0 Å². The molecule has 1 N–H and O–H groups in total.